The smallest absolute Gasteiger partial charge is 0.0503 e. The lowest BCUT2D eigenvalue weighted by Gasteiger charge is -2.42. The standard InChI is InChI=1S/C47H36N2/c1-47(2)43-18-10-11-19-45(43)49(39-16-4-3-5-17-39)46-29-24-38(32-44(46)47)35-20-25-40(26-21-35)48(41-27-22-33-12-6-8-14-36(33)30-41)42-28-23-34-13-7-9-15-37(34)31-42/h3-32H,1-2H3. The molecule has 0 unspecified atom stereocenters. The second-order valence-electron chi connectivity index (χ2n) is 13.5. The molecule has 0 amide bonds. The number of nitrogens with zero attached hydrogens (tertiary/aromatic N) is 2. The maximum absolute atomic E-state index is 2.41. The van der Waals surface area contributed by atoms with Gasteiger partial charge in [0.2, 0.25) is 0 Å². The van der Waals surface area contributed by atoms with Gasteiger partial charge < -0.3 is 9.80 Å². The average Bonchev–Trinajstić information content (AvgIpc) is 3.16. The monoisotopic (exact) mass is 628 g/mol. The lowest BCUT2D eigenvalue weighted by molar-refractivity contribution is 0.632. The molecule has 0 spiro atoms. The van der Waals surface area contributed by atoms with Crippen molar-refractivity contribution in [2.45, 2.75) is 19.3 Å². The zero-order valence-electron chi connectivity index (χ0n) is 27.7. The molecular formula is C47H36N2. The number of benzene rings is 8. The highest BCUT2D eigenvalue weighted by Crippen LogP contribution is 2.52. The van der Waals surface area contributed by atoms with Crippen LogP contribution in [0.15, 0.2) is 182 Å². The van der Waals surface area contributed by atoms with E-state index in [4.69, 9.17) is 0 Å². The van der Waals surface area contributed by atoms with E-state index in [1.54, 1.807) is 0 Å². The quantitative estimate of drug-likeness (QED) is 0.187. The van der Waals surface area contributed by atoms with Gasteiger partial charge in [-0.15, -0.1) is 0 Å². The molecule has 0 radical (unpaired) electrons. The predicted molar refractivity (Wildman–Crippen MR) is 208 cm³/mol. The van der Waals surface area contributed by atoms with Crippen LogP contribution in [0.5, 0.6) is 0 Å². The highest BCUT2D eigenvalue weighted by molar-refractivity contribution is 5.93. The van der Waals surface area contributed by atoms with Crippen molar-refractivity contribution in [2.24, 2.45) is 0 Å². The van der Waals surface area contributed by atoms with Gasteiger partial charge in [0.25, 0.3) is 0 Å². The molecule has 2 nitrogen and oxygen atoms in total. The lowest BCUT2D eigenvalue weighted by atomic mass is 9.73. The van der Waals surface area contributed by atoms with Gasteiger partial charge in [-0.3, -0.25) is 0 Å². The molecule has 0 bridgehead atoms. The third kappa shape index (κ3) is 4.96. The van der Waals surface area contributed by atoms with Crippen molar-refractivity contribution >= 4 is 55.7 Å². The van der Waals surface area contributed by atoms with E-state index in [9.17, 15) is 0 Å². The molecule has 0 fully saturated rings. The molecule has 1 heterocycles. The third-order valence-corrected chi connectivity index (χ3v) is 10.2. The van der Waals surface area contributed by atoms with Gasteiger partial charge in [-0.1, -0.05) is 129 Å². The molecule has 0 saturated heterocycles. The van der Waals surface area contributed by atoms with Gasteiger partial charge in [0.15, 0.2) is 0 Å². The van der Waals surface area contributed by atoms with Crippen molar-refractivity contribution in [1.29, 1.82) is 0 Å². The summed E-state index contributed by atoms with van der Waals surface area (Å²) in [5.41, 5.74) is 12.0. The molecule has 49 heavy (non-hydrogen) atoms. The maximum Gasteiger partial charge on any atom is 0.0503 e. The van der Waals surface area contributed by atoms with Crippen LogP contribution in [0.1, 0.15) is 25.0 Å². The Labute approximate surface area is 288 Å². The Kier molecular flexibility index (Phi) is 6.84. The molecule has 9 rings (SSSR count). The molecule has 0 aromatic heterocycles. The van der Waals surface area contributed by atoms with Crippen LogP contribution in [0.2, 0.25) is 0 Å². The number of rotatable bonds is 5. The molecule has 0 N–H and O–H groups in total. The summed E-state index contributed by atoms with van der Waals surface area (Å²) < 4.78 is 0. The van der Waals surface area contributed by atoms with Crippen LogP contribution in [0.4, 0.5) is 34.1 Å². The summed E-state index contributed by atoms with van der Waals surface area (Å²) in [5, 5.41) is 4.93. The van der Waals surface area contributed by atoms with Crippen molar-refractivity contribution < 1.29 is 0 Å². The van der Waals surface area contributed by atoms with Gasteiger partial charge in [-0.05, 0) is 111 Å². The van der Waals surface area contributed by atoms with E-state index in [-0.39, 0.29) is 5.41 Å². The normalized spacial score (nSPS) is 13.2. The van der Waals surface area contributed by atoms with Gasteiger partial charge in [0, 0.05) is 28.2 Å². The molecule has 0 atom stereocenters. The summed E-state index contributed by atoms with van der Waals surface area (Å²) in [4.78, 5) is 4.78. The molecule has 2 heteroatoms. The fourth-order valence-electron chi connectivity index (χ4n) is 7.62. The van der Waals surface area contributed by atoms with Crippen LogP contribution in [0.25, 0.3) is 32.7 Å². The van der Waals surface area contributed by atoms with E-state index < -0.39 is 0 Å². The van der Waals surface area contributed by atoms with E-state index >= 15 is 0 Å². The first-order valence-corrected chi connectivity index (χ1v) is 17.0. The van der Waals surface area contributed by atoms with Crippen molar-refractivity contribution in [3.8, 4) is 11.1 Å². The predicted octanol–water partition coefficient (Wildman–Crippen LogP) is 13.2. The van der Waals surface area contributed by atoms with Gasteiger partial charge in [0.05, 0.1) is 11.4 Å². The first-order valence-electron chi connectivity index (χ1n) is 17.0. The number of fused-ring (bicyclic) bond motifs is 4. The third-order valence-electron chi connectivity index (χ3n) is 10.2. The van der Waals surface area contributed by atoms with Crippen LogP contribution in [0, 0.1) is 0 Å². The summed E-state index contributed by atoms with van der Waals surface area (Å²) >= 11 is 0. The second kappa shape index (κ2) is 11.5. The summed E-state index contributed by atoms with van der Waals surface area (Å²) in [6.07, 6.45) is 0. The highest BCUT2D eigenvalue weighted by atomic mass is 15.2. The summed E-state index contributed by atoms with van der Waals surface area (Å²) in [6.45, 7) is 4.70. The van der Waals surface area contributed by atoms with Crippen molar-refractivity contribution in [3.05, 3.63) is 193 Å². The maximum atomic E-state index is 2.41. The molecular weight excluding hydrogens is 593 g/mol. The fourth-order valence-corrected chi connectivity index (χ4v) is 7.62. The number of anilines is 6. The number of para-hydroxylation sites is 2. The molecule has 234 valence electrons. The van der Waals surface area contributed by atoms with E-state index in [0.717, 1.165) is 17.1 Å². The van der Waals surface area contributed by atoms with Crippen molar-refractivity contribution in [3.63, 3.8) is 0 Å². The van der Waals surface area contributed by atoms with Crippen LogP contribution < -0.4 is 9.80 Å². The number of hydrogen-bond acceptors (Lipinski definition) is 2. The summed E-state index contributed by atoms with van der Waals surface area (Å²) in [6, 6.07) is 66.2. The van der Waals surface area contributed by atoms with Crippen LogP contribution in [-0.2, 0) is 5.41 Å². The largest absolute Gasteiger partial charge is 0.310 e. The molecule has 8 aromatic rings. The van der Waals surface area contributed by atoms with E-state index in [2.05, 4.69) is 206 Å². The minimum Gasteiger partial charge on any atom is -0.310 e. The molecule has 0 saturated carbocycles. The van der Waals surface area contributed by atoms with E-state index in [1.165, 1.54) is 60.9 Å². The molecule has 1 aliphatic heterocycles. The average molecular weight is 629 g/mol. The topological polar surface area (TPSA) is 6.48 Å². The number of hydrogen-bond donors (Lipinski definition) is 0. The lowest BCUT2D eigenvalue weighted by Crippen LogP contribution is -2.30. The Morgan fingerprint density at radius 1 is 0.388 bits per heavy atom. The summed E-state index contributed by atoms with van der Waals surface area (Å²) in [5.74, 6) is 0. The minimum absolute atomic E-state index is 0.157. The van der Waals surface area contributed by atoms with Gasteiger partial charge in [-0.2, -0.15) is 0 Å². The Morgan fingerprint density at radius 3 is 1.55 bits per heavy atom. The highest BCUT2D eigenvalue weighted by Gasteiger charge is 2.36. The van der Waals surface area contributed by atoms with Crippen molar-refractivity contribution in [2.75, 3.05) is 9.80 Å². The Morgan fingerprint density at radius 2 is 0.898 bits per heavy atom. The van der Waals surface area contributed by atoms with E-state index in [1.807, 2.05) is 0 Å². The first kappa shape index (κ1) is 29.1. The zero-order valence-corrected chi connectivity index (χ0v) is 27.7. The zero-order chi connectivity index (χ0) is 33.0. The van der Waals surface area contributed by atoms with Crippen molar-refractivity contribution in [1.82, 2.24) is 0 Å². The summed E-state index contributed by atoms with van der Waals surface area (Å²) in [7, 11) is 0. The molecule has 0 aliphatic carbocycles. The Hall–Kier alpha value is -6.12. The van der Waals surface area contributed by atoms with Crippen LogP contribution in [-0.4, -0.2) is 0 Å². The Balaban J connectivity index is 1.14. The SMILES string of the molecule is CC1(C)c2ccccc2N(c2ccccc2)c2ccc(-c3ccc(N(c4ccc5ccccc5c4)c4ccc5ccccc5c4)cc3)cc21. The second-order valence-corrected chi connectivity index (χ2v) is 13.5. The molecule has 8 aromatic carbocycles. The fraction of sp³-hybridized carbons (Fsp3) is 0.0638. The van der Waals surface area contributed by atoms with Crippen LogP contribution >= 0.6 is 0 Å². The van der Waals surface area contributed by atoms with Gasteiger partial charge >= 0.3 is 0 Å². The van der Waals surface area contributed by atoms with Gasteiger partial charge in [0.1, 0.15) is 0 Å². The van der Waals surface area contributed by atoms with Crippen LogP contribution in [0.3, 0.4) is 0 Å². The van der Waals surface area contributed by atoms with Gasteiger partial charge in [-0.25, -0.2) is 0 Å². The Bertz CT molecular complexity index is 2400. The molecule has 1 aliphatic rings. The first-order chi connectivity index (χ1) is 24.0. The van der Waals surface area contributed by atoms with E-state index in [0.29, 0.717) is 0 Å². The minimum atomic E-state index is -0.157.